The van der Waals surface area contributed by atoms with Crippen molar-refractivity contribution >= 4 is 24.3 Å². The molecular formula is C15H19NO5S. The summed E-state index contributed by atoms with van der Waals surface area (Å²) < 4.78 is 16.8. The topological polar surface area (TPSA) is 65.1 Å². The highest BCUT2D eigenvalue weighted by Crippen LogP contribution is 2.28. The smallest absolute Gasteiger partial charge is 0.423 e. The first-order chi connectivity index (χ1) is 10.4. The van der Waals surface area contributed by atoms with Crippen LogP contribution in [-0.4, -0.2) is 34.6 Å². The van der Waals surface area contributed by atoms with E-state index in [0.29, 0.717) is 0 Å². The molecule has 0 N–H and O–H groups in total. The van der Waals surface area contributed by atoms with Crippen molar-refractivity contribution in [3.8, 4) is 0 Å². The van der Waals surface area contributed by atoms with Gasteiger partial charge in [-0.1, -0.05) is 30.3 Å². The molecule has 1 fully saturated rings. The van der Waals surface area contributed by atoms with Crippen molar-refractivity contribution < 1.29 is 23.2 Å². The quantitative estimate of drug-likeness (QED) is 0.484. The third-order valence-electron chi connectivity index (χ3n) is 2.71. The van der Waals surface area contributed by atoms with Crippen molar-refractivity contribution in [3.05, 3.63) is 35.9 Å². The van der Waals surface area contributed by atoms with Gasteiger partial charge in [0.2, 0.25) is 0 Å². The van der Waals surface area contributed by atoms with Crippen LogP contribution in [0.25, 0.3) is 0 Å². The first-order valence-electron chi connectivity index (χ1n) is 6.89. The molecule has 1 aromatic rings. The largest absolute Gasteiger partial charge is 0.459 e. The summed E-state index contributed by atoms with van der Waals surface area (Å²) in [6.07, 6.45) is -0.614. The van der Waals surface area contributed by atoms with E-state index in [1.54, 1.807) is 20.8 Å². The van der Waals surface area contributed by atoms with Gasteiger partial charge in [0.25, 0.3) is 0 Å². The summed E-state index contributed by atoms with van der Waals surface area (Å²) in [5.74, 6) is -0.514. The lowest BCUT2D eigenvalue weighted by Crippen LogP contribution is -2.42. The van der Waals surface area contributed by atoms with Gasteiger partial charge in [0, 0.05) is 0 Å². The molecule has 1 atom stereocenters. The summed E-state index contributed by atoms with van der Waals surface area (Å²) in [6.45, 7) is 5.51. The van der Waals surface area contributed by atoms with E-state index in [9.17, 15) is 9.59 Å². The van der Waals surface area contributed by atoms with Gasteiger partial charge in [0.05, 0.1) is 6.61 Å². The maximum absolute atomic E-state index is 12.1. The number of carbonyl (C=O) groups is 2. The van der Waals surface area contributed by atoms with E-state index in [1.165, 1.54) is 4.31 Å². The number of nitrogens with zero attached hydrogens (tertiary/aromatic N) is 1. The van der Waals surface area contributed by atoms with E-state index in [1.807, 2.05) is 30.3 Å². The molecule has 7 heteroatoms. The Kier molecular flexibility index (Phi) is 5.31. The van der Waals surface area contributed by atoms with Crippen LogP contribution in [0.2, 0.25) is 0 Å². The summed E-state index contributed by atoms with van der Waals surface area (Å²) in [4.78, 5) is 24.2. The molecule has 1 heterocycles. The van der Waals surface area contributed by atoms with Crippen LogP contribution in [0.15, 0.2) is 30.3 Å². The van der Waals surface area contributed by atoms with Crippen LogP contribution >= 0.6 is 12.2 Å². The molecule has 1 aliphatic heterocycles. The highest BCUT2D eigenvalue weighted by Gasteiger charge is 2.40. The van der Waals surface area contributed by atoms with E-state index < -0.39 is 23.7 Å². The fourth-order valence-corrected chi connectivity index (χ4v) is 2.38. The molecule has 1 amide bonds. The number of benzene rings is 1. The van der Waals surface area contributed by atoms with Gasteiger partial charge in [-0.2, -0.15) is 0 Å². The second kappa shape index (κ2) is 7.02. The Morgan fingerprint density at radius 2 is 2.00 bits per heavy atom. The Morgan fingerprint density at radius 3 is 2.64 bits per heavy atom. The van der Waals surface area contributed by atoms with Crippen LogP contribution in [0, 0.1) is 0 Å². The minimum atomic E-state index is -0.802. The SMILES string of the molecule is CC(C)(C)OC(=O)N1SOCC1C(=O)OCc1ccccc1. The summed E-state index contributed by atoms with van der Waals surface area (Å²) in [5.41, 5.74) is 0.241. The second-order valence-corrected chi connectivity index (χ2v) is 6.55. The number of amides is 1. The zero-order valence-corrected chi connectivity index (χ0v) is 13.6. The Balaban J connectivity index is 1.92. The first-order valence-corrected chi connectivity index (χ1v) is 7.59. The number of rotatable bonds is 3. The van der Waals surface area contributed by atoms with E-state index >= 15 is 0 Å². The molecule has 1 aromatic carbocycles. The third kappa shape index (κ3) is 4.64. The average Bonchev–Trinajstić information content (AvgIpc) is 2.93. The number of hydrogen-bond donors (Lipinski definition) is 0. The lowest BCUT2D eigenvalue weighted by Gasteiger charge is -2.25. The van der Waals surface area contributed by atoms with Crippen molar-refractivity contribution in [3.63, 3.8) is 0 Å². The van der Waals surface area contributed by atoms with Crippen molar-refractivity contribution in [2.45, 2.75) is 39.0 Å². The summed E-state index contributed by atoms with van der Waals surface area (Å²) in [6, 6.07) is 8.54. The molecule has 0 aliphatic carbocycles. The molecule has 120 valence electrons. The number of carbonyl (C=O) groups excluding carboxylic acids is 2. The maximum Gasteiger partial charge on any atom is 0.423 e. The minimum Gasteiger partial charge on any atom is -0.459 e. The Labute approximate surface area is 134 Å². The van der Waals surface area contributed by atoms with Gasteiger partial charge >= 0.3 is 12.1 Å². The summed E-state index contributed by atoms with van der Waals surface area (Å²) in [7, 11) is 0. The van der Waals surface area contributed by atoms with Gasteiger partial charge in [0.1, 0.15) is 24.4 Å². The van der Waals surface area contributed by atoms with Crippen LogP contribution in [-0.2, 0) is 25.1 Å². The van der Waals surface area contributed by atoms with Crippen molar-refractivity contribution in [1.82, 2.24) is 4.31 Å². The highest BCUT2D eigenvalue weighted by atomic mass is 32.2. The number of hydrogen-bond acceptors (Lipinski definition) is 6. The predicted octanol–water partition coefficient (Wildman–Crippen LogP) is 2.93. The molecule has 6 nitrogen and oxygen atoms in total. The van der Waals surface area contributed by atoms with Crippen LogP contribution in [0.3, 0.4) is 0 Å². The molecule has 1 unspecified atom stereocenters. The fraction of sp³-hybridized carbons (Fsp3) is 0.467. The molecule has 22 heavy (non-hydrogen) atoms. The first kappa shape index (κ1) is 16.6. The number of ether oxygens (including phenoxy) is 2. The van der Waals surface area contributed by atoms with Crippen molar-refractivity contribution in [2.24, 2.45) is 0 Å². The van der Waals surface area contributed by atoms with E-state index in [-0.39, 0.29) is 13.2 Å². The second-order valence-electron chi connectivity index (χ2n) is 5.77. The molecule has 2 rings (SSSR count). The monoisotopic (exact) mass is 325 g/mol. The van der Waals surface area contributed by atoms with Crippen LogP contribution in [0.4, 0.5) is 4.79 Å². The third-order valence-corrected chi connectivity index (χ3v) is 3.52. The molecule has 0 radical (unpaired) electrons. The van der Waals surface area contributed by atoms with Gasteiger partial charge in [-0.25, -0.2) is 13.9 Å². The molecular weight excluding hydrogens is 306 g/mol. The van der Waals surface area contributed by atoms with Crippen LogP contribution < -0.4 is 0 Å². The van der Waals surface area contributed by atoms with Crippen LogP contribution in [0.5, 0.6) is 0 Å². The molecule has 0 bridgehead atoms. The maximum atomic E-state index is 12.1. The Bertz CT molecular complexity index is 528. The van der Waals surface area contributed by atoms with Gasteiger partial charge in [0.15, 0.2) is 6.04 Å². The van der Waals surface area contributed by atoms with Crippen molar-refractivity contribution in [1.29, 1.82) is 0 Å². The molecule has 1 aliphatic rings. The van der Waals surface area contributed by atoms with Gasteiger partial charge in [-0.05, 0) is 26.3 Å². The van der Waals surface area contributed by atoms with Gasteiger partial charge < -0.3 is 9.47 Å². The molecule has 0 spiro atoms. The lowest BCUT2D eigenvalue weighted by molar-refractivity contribution is -0.149. The molecule has 0 aromatic heterocycles. The standard InChI is InChI=1S/C15H19NO5S/c1-15(2,3)21-14(18)16-12(10-20-22-16)13(17)19-9-11-7-5-4-6-8-11/h4-8,12H,9-10H2,1-3H3. The number of esters is 1. The highest BCUT2D eigenvalue weighted by molar-refractivity contribution is 7.93. The van der Waals surface area contributed by atoms with Gasteiger partial charge in [-0.15, -0.1) is 0 Å². The van der Waals surface area contributed by atoms with Gasteiger partial charge in [-0.3, -0.25) is 4.18 Å². The average molecular weight is 325 g/mol. The van der Waals surface area contributed by atoms with E-state index in [4.69, 9.17) is 13.7 Å². The molecule has 1 saturated heterocycles. The van der Waals surface area contributed by atoms with E-state index in [0.717, 1.165) is 17.8 Å². The zero-order chi connectivity index (χ0) is 16.2. The Hall–Kier alpha value is -1.73. The summed E-state index contributed by atoms with van der Waals surface area (Å²) >= 11 is 0.807. The fourth-order valence-electron chi connectivity index (χ4n) is 1.72. The predicted molar refractivity (Wildman–Crippen MR) is 81.6 cm³/mol. The lowest BCUT2D eigenvalue weighted by atomic mass is 10.2. The van der Waals surface area contributed by atoms with Crippen molar-refractivity contribution in [2.75, 3.05) is 6.61 Å². The minimum absolute atomic E-state index is 0.0809. The molecule has 0 saturated carbocycles. The zero-order valence-electron chi connectivity index (χ0n) is 12.8. The van der Waals surface area contributed by atoms with E-state index in [2.05, 4.69) is 0 Å². The van der Waals surface area contributed by atoms with Crippen LogP contribution in [0.1, 0.15) is 26.3 Å². The summed E-state index contributed by atoms with van der Waals surface area (Å²) in [5, 5.41) is 0. The Morgan fingerprint density at radius 1 is 1.32 bits per heavy atom. The normalized spacial score (nSPS) is 18.1.